The molecule has 29 heavy (non-hydrogen) atoms. The third kappa shape index (κ3) is 4.40. The monoisotopic (exact) mass is 385 g/mol. The molecule has 0 bridgehead atoms. The van der Waals surface area contributed by atoms with Crippen LogP contribution in [0.3, 0.4) is 0 Å². The van der Waals surface area contributed by atoms with Crippen LogP contribution < -0.4 is 9.64 Å². The van der Waals surface area contributed by atoms with Gasteiger partial charge >= 0.3 is 0 Å². The van der Waals surface area contributed by atoms with Crippen molar-refractivity contribution < 1.29 is 14.9 Å². The van der Waals surface area contributed by atoms with E-state index in [0.717, 1.165) is 17.1 Å². The van der Waals surface area contributed by atoms with Crippen LogP contribution in [0.2, 0.25) is 0 Å². The maximum Gasteiger partial charge on any atom is 0.119 e. The number of rotatable bonds is 7. The van der Waals surface area contributed by atoms with Crippen molar-refractivity contribution in [3.8, 4) is 5.75 Å². The fourth-order valence-corrected chi connectivity index (χ4v) is 3.28. The summed E-state index contributed by atoms with van der Waals surface area (Å²) in [6.07, 6.45) is -0.881. The summed E-state index contributed by atoms with van der Waals surface area (Å²) in [7, 11) is 0. The Morgan fingerprint density at radius 2 is 1.31 bits per heavy atom. The van der Waals surface area contributed by atoms with Gasteiger partial charge in [0.05, 0.1) is 6.61 Å². The van der Waals surface area contributed by atoms with Gasteiger partial charge in [-0.05, 0) is 59.3 Å². The first kappa shape index (κ1) is 19.0. The Morgan fingerprint density at radius 3 is 2.03 bits per heavy atom. The number of ether oxygens (including phenoxy) is 1. The predicted molar refractivity (Wildman–Crippen MR) is 117 cm³/mol. The van der Waals surface area contributed by atoms with Gasteiger partial charge in [0.1, 0.15) is 18.5 Å². The Hall–Kier alpha value is -3.34. The van der Waals surface area contributed by atoms with Crippen molar-refractivity contribution in [1.29, 1.82) is 0 Å². The standard InChI is InChI=1S/C25H23NO3/c27-17-24(28)18-29-25-14-12-22(13-15-25)26(21-8-2-1-3-9-21)23-11-10-19-6-4-5-7-20(19)16-23/h1-16,24,27-28H,17-18H2. The zero-order valence-electron chi connectivity index (χ0n) is 16.0. The Labute approximate surface area is 170 Å². The molecule has 0 saturated heterocycles. The van der Waals surface area contributed by atoms with Gasteiger partial charge in [-0.25, -0.2) is 0 Å². The minimum Gasteiger partial charge on any atom is -0.491 e. The first-order valence-electron chi connectivity index (χ1n) is 9.60. The third-order valence-corrected chi connectivity index (χ3v) is 4.75. The summed E-state index contributed by atoms with van der Waals surface area (Å²) in [6, 6.07) is 32.7. The molecule has 0 heterocycles. The van der Waals surface area contributed by atoms with Crippen LogP contribution >= 0.6 is 0 Å². The zero-order chi connectivity index (χ0) is 20.1. The number of aliphatic hydroxyl groups is 2. The summed E-state index contributed by atoms with van der Waals surface area (Å²) in [6.45, 7) is -0.259. The summed E-state index contributed by atoms with van der Waals surface area (Å²) in [5.74, 6) is 0.646. The minimum atomic E-state index is -0.881. The van der Waals surface area contributed by atoms with E-state index in [9.17, 15) is 5.11 Å². The molecule has 0 spiro atoms. The molecule has 0 aliphatic rings. The number of anilines is 3. The first-order valence-corrected chi connectivity index (χ1v) is 9.60. The van der Waals surface area contributed by atoms with Gasteiger partial charge in [-0.2, -0.15) is 0 Å². The van der Waals surface area contributed by atoms with E-state index in [4.69, 9.17) is 9.84 Å². The molecule has 4 aromatic rings. The average molecular weight is 385 g/mol. The molecule has 4 aromatic carbocycles. The molecule has 0 radical (unpaired) electrons. The molecular weight excluding hydrogens is 362 g/mol. The van der Waals surface area contributed by atoms with Crippen molar-refractivity contribution in [2.45, 2.75) is 6.10 Å². The molecule has 0 saturated carbocycles. The largest absolute Gasteiger partial charge is 0.491 e. The fraction of sp³-hybridized carbons (Fsp3) is 0.120. The van der Waals surface area contributed by atoms with Gasteiger partial charge in [0, 0.05) is 17.1 Å². The Balaban J connectivity index is 1.69. The lowest BCUT2D eigenvalue weighted by molar-refractivity contribution is 0.0536. The van der Waals surface area contributed by atoms with Crippen LogP contribution in [0.15, 0.2) is 97.1 Å². The number of nitrogens with zero attached hydrogens (tertiary/aromatic N) is 1. The summed E-state index contributed by atoms with van der Waals surface area (Å²) < 4.78 is 5.53. The lowest BCUT2D eigenvalue weighted by atomic mass is 10.1. The molecule has 4 heteroatoms. The van der Waals surface area contributed by atoms with Crippen LogP contribution in [0.25, 0.3) is 10.8 Å². The summed E-state index contributed by atoms with van der Waals surface area (Å²) in [5, 5.41) is 20.8. The first-order chi connectivity index (χ1) is 14.2. The third-order valence-electron chi connectivity index (χ3n) is 4.75. The Bertz CT molecular complexity index is 1060. The molecule has 0 aliphatic heterocycles. The number of benzene rings is 4. The quantitative estimate of drug-likeness (QED) is 0.468. The van der Waals surface area contributed by atoms with Gasteiger partial charge in [-0.1, -0.05) is 48.5 Å². The van der Waals surface area contributed by atoms with Crippen molar-refractivity contribution in [2.24, 2.45) is 0 Å². The lowest BCUT2D eigenvalue weighted by Crippen LogP contribution is -2.21. The number of fused-ring (bicyclic) bond motifs is 1. The molecule has 2 N–H and O–H groups in total. The summed E-state index contributed by atoms with van der Waals surface area (Å²) in [5.41, 5.74) is 3.13. The highest BCUT2D eigenvalue weighted by Crippen LogP contribution is 2.36. The SMILES string of the molecule is OCC(O)COc1ccc(N(c2ccccc2)c2ccc3ccccc3c2)cc1. The van der Waals surface area contributed by atoms with Gasteiger partial charge in [0.15, 0.2) is 0 Å². The normalized spacial score (nSPS) is 11.9. The fourth-order valence-electron chi connectivity index (χ4n) is 3.28. The minimum absolute atomic E-state index is 0.0585. The van der Waals surface area contributed by atoms with E-state index in [1.54, 1.807) is 0 Å². The van der Waals surface area contributed by atoms with Crippen LogP contribution in [-0.2, 0) is 0 Å². The van der Waals surface area contributed by atoms with E-state index < -0.39 is 6.10 Å². The molecule has 4 nitrogen and oxygen atoms in total. The smallest absolute Gasteiger partial charge is 0.119 e. The zero-order valence-corrected chi connectivity index (χ0v) is 16.0. The van der Waals surface area contributed by atoms with Gasteiger partial charge in [0.25, 0.3) is 0 Å². The topological polar surface area (TPSA) is 52.9 Å². The Kier molecular flexibility index (Phi) is 5.75. The van der Waals surface area contributed by atoms with Crippen molar-refractivity contribution >= 4 is 27.8 Å². The highest BCUT2D eigenvalue weighted by Gasteiger charge is 2.13. The molecule has 1 atom stereocenters. The van der Waals surface area contributed by atoms with Crippen LogP contribution in [-0.4, -0.2) is 29.5 Å². The lowest BCUT2D eigenvalue weighted by Gasteiger charge is -2.26. The van der Waals surface area contributed by atoms with E-state index in [1.807, 2.05) is 54.6 Å². The predicted octanol–water partition coefficient (Wildman–Crippen LogP) is 5.04. The molecule has 0 fully saturated rings. The van der Waals surface area contributed by atoms with Gasteiger partial charge in [0.2, 0.25) is 0 Å². The average Bonchev–Trinajstić information content (AvgIpc) is 2.79. The molecule has 4 rings (SSSR count). The van der Waals surface area contributed by atoms with Crippen LogP contribution in [0.4, 0.5) is 17.1 Å². The maximum absolute atomic E-state index is 9.46. The van der Waals surface area contributed by atoms with Crippen LogP contribution in [0, 0.1) is 0 Å². The van der Waals surface area contributed by atoms with Crippen molar-refractivity contribution in [3.63, 3.8) is 0 Å². The number of hydrogen-bond donors (Lipinski definition) is 2. The van der Waals surface area contributed by atoms with Crippen molar-refractivity contribution in [1.82, 2.24) is 0 Å². The molecule has 0 amide bonds. The second kappa shape index (κ2) is 8.78. The second-order valence-electron chi connectivity index (χ2n) is 6.84. The van der Waals surface area contributed by atoms with Gasteiger partial charge in [-0.3, -0.25) is 0 Å². The number of hydrogen-bond acceptors (Lipinski definition) is 4. The van der Waals surface area contributed by atoms with Gasteiger partial charge in [-0.15, -0.1) is 0 Å². The summed E-state index contributed by atoms with van der Waals surface area (Å²) >= 11 is 0. The number of aliphatic hydroxyl groups excluding tert-OH is 2. The van der Waals surface area contributed by atoms with Gasteiger partial charge < -0.3 is 19.8 Å². The van der Waals surface area contributed by atoms with E-state index >= 15 is 0 Å². The van der Waals surface area contributed by atoms with Crippen LogP contribution in [0.1, 0.15) is 0 Å². The highest BCUT2D eigenvalue weighted by atomic mass is 16.5. The molecule has 146 valence electrons. The number of para-hydroxylation sites is 1. The molecular formula is C25H23NO3. The van der Waals surface area contributed by atoms with Crippen molar-refractivity contribution in [3.05, 3.63) is 97.1 Å². The van der Waals surface area contributed by atoms with E-state index in [0.29, 0.717) is 5.75 Å². The maximum atomic E-state index is 9.46. The van der Waals surface area contributed by atoms with E-state index in [2.05, 4.69) is 47.4 Å². The van der Waals surface area contributed by atoms with E-state index in [-0.39, 0.29) is 13.2 Å². The summed E-state index contributed by atoms with van der Waals surface area (Å²) in [4.78, 5) is 2.19. The van der Waals surface area contributed by atoms with Crippen molar-refractivity contribution in [2.75, 3.05) is 18.1 Å². The second-order valence-corrected chi connectivity index (χ2v) is 6.84. The van der Waals surface area contributed by atoms with E-state index in [1.165, 1.54) is 10.8 Å². The van der Waals surface area contributed by atoms with Crippen LogP contribution in [0.5, 0.6) is 5.75 Å². The molecule has 1 unspecified atom stereocenters. The molecule has 0 aromatic heterocycles. The Morgan fingerprint density at radius 1 is 0.690 bits per heavy atom. The highest BCUT2D eigenvalue weighted by molar-refractivity contribution is 5.89. The molecule has 0 aliphatic carbocycles.